The first kappa shape index (κ1) is 17.7. The Morgan fingerprint density at radius 2 is 1.29 bits per heavy atom. The van der Waals surface area contributed by atoms with Crippen LogP contribution in [-0.4, -0.2) is 22.2 Å². The molecule has 24 heavy (non-hydrogen) atoms. The molecule has 0 fully saturated rings. The summed E-state index contributed by atoms with van der Waals surface area (Å²) in [5.41, 5.74) is 1.99. The molecule has 0 unspecified atom stereocenters. The van der Waals surface area contributed by atoms with Gasteiger partial charge in [0.05, 0.1) is 5.92 Å². The second kappa shape index (κ2) is 8.87. The van der Waals surface area contributed by atoms with Crippen LogP contribution in [-0.2, 0) is 22.4 Å². The van der Waals surface area contributed by atoms with E-state index in [0.717, 1.165) is 11.1 Å². The summed E-state index contributed by atoms with van der Waals surface area (Å²) in [7, 11) is 0. The number of carbonyl (C=O) groups is 2. The average Bonchev–Trinajstić information content (AvgIpc) is 2.58. The molecule has 0 aliphatic rings. The van der Waals surface area contributed by atoms with Crippen molar-refractivity contribution in [1.29, 1.82) is 0 Å². The average molecular weight is 326 g/mol. The number of rotatable bonds is 9. The molecular formula is C20H22O4. The van der Waals surface area contributed by atoms with Gasteiger partial charge in [-0.05, 0) is 36.3 Å². The molecule has 4 nitrogen and oxygen atoms in total. The SMILES string of the molecule is O=C(O)CC[C@@H](Cc1ccccc1)[C@H](Cc1ccccc1)C(=O)O. The third-order valence-corrected chi connectivity index (χ3v) is 4.25. The van der Waals surface area contributed by atoms with Crippen LogP contribution in [0.3, 0.4) is 0 Å². The molecule has 0 heterocycles. The molecule has 0 amide bonds. The van der Waals surface area contributed by atoms with E-state index >= 15 is 0 Å². The van der Waals surface area contributed by atoms with Crippen molar-refractivity contribution in [3.63, 3.8) is 0 Å². The van der Waals surface area contributed by atoms with Crippen molar-refractivity contribution >= 4 is 11.9 Å². The van der Waals surface area contributed by atoms with E-state index < -0.39 is 17.9 Å². The van der Waals surface area contributed by atoms with Crippen molar-refractivity contribution < 1.29 is 19.8 Å². The maximum absolute atomic E-state index is 11.8. The number of hydrogen-bond donors (Lipinski definition) is 2. The topological polar surface area (TPSA) is 74.6 Å². The van der Waals surface area contributed by atoms with E-state index in [4.69, 9.17) is 5.11 Å². The van der Waals surface area contributed by atoms with Crippen molar-refractivity contribution in [1.82, 2.24) is 0 Å². The van der Waals surface area contributed by atoms with Crippen LogP contribution < -0.4 is 0 Å². The molecule has 2 aromatic rings. The quantitative estimate of drug-likeness (QED) is 0.737. The minimum atomic E-state index is -0.892. The fraction of sp³-hybridized carbons (Fsp3) is 0.300. The van der Waals surface area contributed by atoms with Crippen LogP contribution in [0.2, 0.25) is 0 Å². The second-order valence-corrected chi connectivity index (χ2v) is 6.02. The largest absolute Gasteiger partial charge is 0.481 e. The van der Waals surface area contributed by atoms with E-state index in [1.807, 2.05) is 60.7 Å². The molecular weight excluding hydrogens is 304 g/mol. The van der Waals surface area contributed by atoms with E-state index in [0.29, 0.717) is 19.3 Å². The Morgan fingerprint density at radius 3 is 1.75 bits per heavy atom. The fourth-order valence-corrected chi connectivity index (χ4v) is 2.99. The van der Waals surface area contributed by atoms with Gasteiger partial charge in [0.15, 0.2) is 0 Å². The maximum atomic E-state index is 11.8. The summed E-state index contributed by atoms with van der Waals surface area (Å²) >= 11 is 0. The third-order valence-electron chi connectivity index (χ3n) is 4.25. The highest BCUT2D eigenvalue weighted by Crippen LogP contribution is 2.26. The van der Waals surface area contributed by atoms with Crippen molar-refractivity contribution in [3.05, 3.63) is 71.8 Å². The minimum absolute atomic E-state index is 0.0178. The lowest BCUT2D eigenvalue weighted by Crippen LogP contribution is -2.28. The van der Waals surface area contributed by atoms with E-state index in [9.17, 15) is 14.7 Å². The number of benzene rings is 2. The van der Waals surface area contributed by atoms with Gasteiger partial charge in [-0.1, -0.05) is 60.7 Å². The molecule has 0 aliphatic heterocycles. The Morgan fingerprint density at radius 1 is 0.792 bits per heavy atom. The molecule has 2 atom stereocenters. The summed E-state index contributed by atoms with van der Waals surface area (Å²) in [5, 5.41) is 18.7. The first-order valence-electron chi connectivity index (χ1n) is 8.08. The molecule has 0 saturated carbocycles. The first-order valence-corrected chi connectivity index (χ1v) is 8.08. The summed E-state index contributed by atoms with van der Waals surface area (Å²) in [4.78, 5) is 22.8. The van der Waals surface area contributed by atoms with Crippen molar-refractivity contribution in [2.24, 2.45) is 11.8 Å². The zero-order valence-electron chi connectivity index (χ0n) is 13.5. The summed E-state index contributed by atoms with van der Waals surface area (Å²) in [6.07, 6.45) is 1.31. The van der Waals surface area contributed by atoms with Gasteiger partial charge in [-0.25, -0.2) is 0 Å². The molecule has 0 spiro atoms. The zero-order valence-corrected chi connectivity index (χ0v) is 13.5. The molecule has 0 aliphatic carbocycles. The van der Waals surface area contributed by atoms with Gasteiger partial charge in [0.2, 0.25) is 0 Å². The second-order valence-electron chi connectivity index (χ2n) is 6.02. The van der Waals surface area contributed by atoms with Crippen molar-refractivity contribution in [3.8, 4) is 0 Å². The van der Waals surface area contributed by atoms with Crippen LogP contribution in [0.4, 0.5) is 0 Å². The molecule has 0 saturated heterocycles. The first-order chi connectivity index (χ1) is 11.6. The lowest BCUT2D eigenvalue weighted by atomic mass is 9.80. The van der Waals surface area contributed by atoms with Crippen LogP contribution in [0.15, 0.2) is 60.7 Å². The Bertz CT molecular complexity index is 652. The van der Waals surface area contributed by atoms with E-state index in [-0.39, 0.29) is 12.3 Å². The molecule has 0 bridgehead atoms. The summed E-state index contributed by atoms with van der Waals surface area (Å²) in [6, 6.07) is 19.1. The third kappa shape index (κ3) is 5.54. The van der Waals surface area contributed by atoms with Gasteiger partial charge in [0, 0.05) is 6.42 Å². The summed E-state index contributed by atoms with van der Waals surface area (Å²) in [6.45, 7) is 0. The van der Waals surface area contributed by atoms with Crippen LogP contribution in [0, 0.1) is 11.8 Å². The van der Waals surface area contributed by atoms with Crippen LogP contribution in [0.5, 0.6) is 0 Å². The van der Waals surface area contributed by atoms with E-state index in [1.165, 1.54) is 0 Å². The normalized spacial score (nSPS) is 13.2. The molecule has 0 radical (unpaired) electrons. The van der Waals surface area contributed by atoms with E-state index in [1.54, 1.807) is 0 Å². The lowest BCUT2D eigenvalue weighted by Gasteiger charge is -2.24. The van der Waals surface area contributed by atoms with Crippen molar-refractivity contribution in [2.45, 2.75) is 25.7 Å². The van der Waals surface area contributed by atoms with Gasteiger partial charge in [0.1, 0.15) is 0 Å². The smallest absolute Gasteiger partial charge is 0.307 e. The van der Waals surface area contributed by atoms with Gasteiger partial charge in [-0.3, -0.25) is 9.59 Å². The van der Waals surface area contributed by atoms with Gasteiger partial charge in [-0.15, -0.1) is 0 Å². The van der Waals surface area contributed by atoms with E-state index in [2.05, 4.69) is 0 Å². The van der Waals surface area contributed by atoms with Gasteiger partial charge in [0.25, 0.3) is 0 Å². The lowest BCUT2D eigenvalue weighted by molar-refractivity contribution is -0.145. The predicted octanol–water partition coefficient (Wildman–Crippen LogP) is 3.65. The molecule has 2 rings (SSSR count). The monoisotopic (exact) mass is 326 g/mol. The van der Waals surface area contributed by atoms with Crippen LogP contribution >= 0.6 is 0 Å². The zero-order chi connectivity index (χ0) is 17.4. The Balaban J connectivity index is 2.19. The molecule has 126 valence electrons. The molecule has 4 heteroatoms. The van der Waals surface area contributed by atoms with Crippen LogP contribution in [0.1, 0.15) is 24.0 Å². The minimum Gasteiger partial charge on any atom is -0.481 e. The van der Waals surface area contributed by atoms with Gasteiger partial charge >= 0.3 is 11.9 Å². The number of aliphatic carboxylic acids is 2. The highest BCUT2D eigenvalue weighted by atomic mass is 16.4. The summed E-state index contributed by atoms with van der Waals surface area (Å²) < 4.78 is 0. The number of hydrogen-bond acceptors (Lipinski definition) is 2. The summed E-state index contributed by atoms with van der Waals surface area (Å²) in [5.74, 6) is -2.59. The van der Waals surface area contributed by atoms with Crippen molar-refractivity contribution in [2.75, 3.05) is 0 Å². The molecule has 2 N–H and O–H groups in total. The number of carboxylic acids is 2. The molecule has 0 aromatic heterocycles. The maximum Gasteiger partial charge on any atom is 0.307 e. The molecule has 2 aromatic carbocycles. The van der Waals surface area contributed by atoms with Crippen LogP contribution in [0.25, 0.3) is 0 Å². The predicted molar refractivity (Wildman–Crippen MR) is 91.8 cm³/mol. The highest BCUT2D eigenvalue weighted by Gasteiger charge is 2.29. The Kier molecular flexibility index (Phi) is 6.55. The van der Waals surface area contributed by atoms with Gasteiger partial charge < -0.3 is 10.2 Å². The standard InChI is InChI=1S/C20H22O4/c21-19(22)12-11-17(13-15-7-3-1-4-8-15)18(20(23)24)14-16-9-5-2-6-10-16/h1-10,17-18H,11-14H2,(H,21,22)(H,23,24)/t17-,18-/m0/s1. The fourth-order valence-electron chi connectivity index (χ4n) is 2.99. The van der Waals surface area contributed by atoms with Gasteiger partial charge in [-0.2, -0.15) is 0 Å². The number of carboxylic acid groups (broad SMARTS) is 2. The Hall–Kier alpha value is -2.62. The Labute approximate surface area is 141 Å². The highest BCUT2D eigenvalue weighted by molar-refractivity contribution is 5.71.